The Balaban J connectivity index is 2.03. The topological polar surface area (TPSA) is 83.8 Å². The summed E-state index contributed by atoms with van der Waals surface area (Å²) >= 11 is 0. The zero-order chi connectivity index (χ0) is 11.5. The monoisotopic (exact) mass is 220 g/mol. The summed E-state index contributed by atoms with van der Waals surface area (Å²) in [5, 5.41) is 6.39. The number of imidazole rings is 1. The third-order valence-electron chi connectivity index (χ3n) is 2.13. The van der Waals surface area contributed by atoms with Gasteiger partial charge in [0.2, 0.25) is 5.76 Å². The Kier molecular flexibility index (Phi) is 2.72. The molecule has 0 bridgehead atoms. The highest BCUT2D eigenvalue weighted by molar-refractivity contribution is 5.91. The molecule has 2 aromatic rings. The molecule has 0 spiro atoms. The smallest absolute Gasteiger partial charge is 0.290 e. The van der Waals surface area contributed by atoms with Gasteiger partial charge in [0, 0.05) is 18.5 Å². The number of aromatic nitrogens is 3. The van der Waals surface area contributed by atoms with Crippen LogP contribution in [0.25, 0.3) is 0 Å². The van der Waals surface area contributed by atoms with Gasteiger partial charge in [-0.25, -0.2) is 4.98 Å². The first-order valence-corrected chi connectivity index (χ1v) is 4.90. The normalized spacial score (nSPS) is 12.4. The standard InChI is InChI=1S/C10H12N4O2/c1-6-5-8(16-14-6)10(15)13-7(2)9-11-3-4-12-9/h3-5,7H,1-2H3,(H,11,12)(H,13,15). The highest BCUT2D eigenvalue weighted by atomic mass is 16.5. The van der Waals surface area contributed by atoms with Crippen LogP contribution >= 0.6 is 0 Å². The van der Waals surface area contributed by atoms with Crippen LogP contribution in [-0.4, -0.2) is 21.0 Å². The average Bonchev–Trinajstić information content (AvgIpc) is 2.87. The van der Waals surface area contributed by atoms with Gasteiger partial charge in [-0.3, -0.25) is 4.79 Å². The van der Waals surface area contributed by atoms with Crippen molar-refractivity contribution >= 4 is 5.91 Å². The third-order valence-corrected chi connectivity index (χ3v) is 2.13. The van der Waals surface area contributed by atoms with E-state index in [-0.39, 0.29) is 17.7 Å². The van der Waals surface area contributed by atoms with Crippen LogP contribution in [0, 0.1) is 6.92 Å². The Morgan fingerprint density at radius 3 is 3.00 bits per heavy atom. The maximum absolute atomic E-state index is 11.7. The van der Waals surface area contributed by atoms with Crippen molar-refractivity contribution < 1.29 is 9.32 Å². The third kappa shape index (κ3) is 2.10. The minimum absolute atomic E-state index is 0.201. The van der Waals surface area contributed by atoms with Gasteiger partial charge in [0.05, 0.1) is 11.7 Å². The Labute approximate surface area is 92.1 Å². The first kappa shape index (κ1) is 10.4. The second-order valence-corrected chi connectivity index (χ2v) is 3.50. The number of nitrogens with one attached hydrogen (secondary N) is 2. The van der Waals surface area contributed by atoms with Crippen molar-refractivity contribution in [3.05, 3.63) is 35.7 Å². The molecule has 2 aromatic heterocycles. The highest BCUT2D eigenvalue weighted by Gasteiger charge is 2.16. The van der Waals surface area contributed by atoms with Crippen molar-refractivity contribution in [2.24, 2.45) is 0 Å². The maximum atomic E-state index is 11.7. The predicted octanol–water partition coefficient (Wildman–Crippen LogP) is 1.20. The number of amides is 1. The Bertz CT molecular complexity index is 475. The summed E-state index contributed by atoms with van der Waals surface area (Å²) in [4.78, 5) is 18.7. The highest BCUT2D eigenvalue weighted by Crippen LogP contribution is 2.08. The fourth-order valence-electron chi connectivity index (χ4n) is 1.32. The van der Waals surface area contributed by atoms with Gasteiger partial charge in [-0.2, -0.15) is 0 Å². The van der Waals surface area contributed by atoms with Crippen LogP contribution in [0.15, 0.2) is 23.0 Å². The molecule has 1 atom stereocenters. The van der Waals surface area contributed by atoms with Crippen molar-refractivity contribution in [1.82, 2.24) is 20.4 Å². The van der Waals surface area contributed by atoms with E-state index in [1.165, 1.54) is 0 Å². The van der Waals surface area contributed by atoms with Crippen molar-refractivity contribution in [2.75, 3.05) is 0 Å². The van der Waals surface area contributed by atoms with Crippen molar-refractivity contribution in [3.63, 3.8) is 0 Å². The zero-order valence-corrected chi connectivity index (χ0v) is 9.02. The lowest BCUT2D eigenvalue weighted by Crippen LogP contribution is -2.26. The van der Waals surface area contributed by atoms with Crippen LogP contribution in [0.2, 0.25) is 0 Å². The molecular weight excluding hydrogens is 208 g/mol. The molecule has 2 N–H and O–H groups in total. The number of hydrogen-bond donors (Lipinski definition) is 2. The average molecular weight is 220 g/mol. The van der Waals surface area contributed by atoms with Gasteiger partial charge in [0.1, 0.15) is 5.82 Å². The van der Waals surface area contributed by atoms with E-state index in [2.05, 4.69) is 20.4 Å². The van der Waals surface area contributed by atoms with Gasteiger partial charge in [0.25, 0.3) is 5.91 Å². The molecule has 1 unspecified atom stereocenters. The van der Waals surface area contributed by atoms with Crippen LogP contribution < -0.4 is 5.32 Å². The van der Waals surface area contributed by atoms with E-state index in [0.717, 1.165) is 0 Å². The van der Waals surface area contributed by atoms with E-state index in [4.69, 9.17) is 4.52 Å². The SMILES string of the molecule is Cc1cc(C(=O)NC(C)c2ncc[nH]2)on1. The minimum Gasteiger partial charge on any atom is -0.351 e. The molecular formula is C10H12N4O2. The van der Waals surface area contributed by atoms with Crippen LogP contribution in [0.3, 0.4) is 0 Å². The lowest BCUT2D eigenvalue weighted by atomic mass is 10.3. The minimum atomic E-state index is -0.301. The molecule has 84 valence electrons. The van der Waals surface area contributed by atoms with Crippen molar-refractivity contribution in [3.8, 4) is 0 Å². The van der Waals surface area contributed by atoms with Gasteiger partial charge in [-0.1, -0.05) is 5.16 Å². The van der Waals surface area contributed by atoms with Crippen LogP contribution in [0.1, 0.15) is 35.0 Å². The van der Waals surface area contributed by atoms with Crippen LogP contribution in [0.4, 0.5) is 0 Å². The summed E-state index contributed by atoms with van der Waals surface area (Å²) < 4.78 is 4.85. The number of carbonyl (C=O) groups is 1. The molecule has 0 fully saturated rings. The van der Waals surface area contributed by atoms with Crippen molar-refractivity contribution in [2.45, 2.75) is 19.9 Å². The van der Waals surface area contributed by atoms with E-state index in [0.29, 0.717) is 11.5 Å². The Morgan fingerprint density at radius 1 is 1.62 bits per heavy atom. The molecule has 0 aliphatic rings. The Hall–Kier alpha value is -2.11. The van der Waals surface area contributed by atoms with E-state index in [9.17, 15) is 4.79 Å². The number of aryl methyl sites for hydroxylation is 1. The van der Waals surface area contributed by atoms with Gasteiger partial charge in [0.15, 0.2) is 0 Å². The lowest BCUT2D eigenvalue weighted by molar-refractivity contribution is 0.0901. The van der Waals surface area contributed by atoms with E-state index < -0.39 is 0 Å². The van der Waals surface area contributed by atoms with Gasteiger partial charge in [-0.15, -0.1) is 0 Å². The lowest BCUT2D eigenvalue weighted by Gasteiger charge is -2.09. The van der Waals surface area contributed by atoms with Crippen LogP contribution in [0.5, 0.6) is 0 Å². The van der Waals surface area contributed by atoms with E-state index in [1.54, 1.807) is 25.4 Å². The first-order valence-electron chi connectivity index (χ1n) is 4.90. The second-order valence-electron chi connectivity index (χ2n) is 3.50. The molecule has 0 aromatic carbocycles. The number of nitrogens with zero attached hydrogens (tertiary/aromatic N) is 2. The quantitative estimate of drug-likeness (QED) is 0.813. The number of aromatic amines is 1. The van der Waals surface area contributed by atoms with Crippen molar-refractivity contribution in [1.29, 1.82) is 0 Å². The van der Waals surface area contributed by atoms with Gasteiger partial charge < -0.3 is 14.8 Å². The van der Waals surface area contributed by atoms with E-state index >= 15 is 0 Å². The van der Waals surface area contributed by atoms with Gasteiger partial charge in [-0.05, 0) is 13.8 Å². The molecule has 0 aliphatic heterocycles. The molecule has 0 saturated heterocycles. The molecule has 6 heteroatoms. The first-order chi connectivity index (χ1) is 7.66. The fraction of sp³-hybridized carbons (Fsp3) is 0.300. The predicted molar refractivity (Wildman–Crippen MR) is 55.7 cm³/mol. The summed E-state index contributed by atoms with van der Waals surface area (Å²) in [5.74, 6) is 0.602. The molecule has 2 heterocycles. The summed E-state index contributed by atoms with van der Waals surface area (Å²) in [6.07, 6.45) is 3.34. The molecule has 0 saturated carbocycles. The largest absolute Gasteiger partial charge is 0.351 e. The number of H-pyrrole nitrogens is 1. The summed E-state index contributed by atoms with van der Waals surface area (Å²) in [7, 11) is 0. The molecule has 6 nitrogen and oxygen atoms in total. The van der Waals surface area contributed by atoms with Crippen LogP contribution in [-0.2, 0) is 0 Å². The van der Waals surface area contributed by atoms with E-state index in [1.807, 2.05) is 6.92 Å². The molecule has 0 radical (unpaired) electrons. The molecule has 0 aliphatic carbocycles. The molecule has 1 amide bonds. The number of hydrogen-bond acceptors (Lipinski definition) is 4. The number of rotatable bonds is 3. The summed E-state index contributed by atoms with van der Waals surface area (Å²) in [5.41, 5.74) is 0.677. The summed E-state index contributed by atoms with van der Waals surface area (Å²) in [6, 6.07) is 1.39. The zero-order valence-electron chi connectivity index (χ0n) is 9.02. The second kappa shape index (κ2) is 4.18. The van der Waals surface area contributed by atoms with Gasteiger partial charge >= 0.3 is 0 Å². The molecule has 16 heavy (non-hydrogen) atoms. The molecule has 2 rings (SSSR count). The Morgan fingerprint density at radius 2 is 2.44 bits per heavy atom. The fourth-order valence-corrected chi connectivity index (χ4v) is 1.32. The maximum Gasteiger partial charge on any atom is 0.290 e. The summed E-state index contributed by atoms with van der Waals surface area (Å²) in [6.45, 7) is 3.59. The number of carbonyl (C=O) groups excluding carboxylic acids is 1.